The van der Waals surface area contributed by atoms with Crippen LogP contribution >= 0.6 is 11.6 Å². The first-order valence-electron chi connectivity index (χ1n) is 8.77. The van der Waals surface area contributed by atoms with Gasteiger partial charge >= 0.3 is 0 Å². The number of para-hydroxylation sites is 1. The van der Waals surface area contributed by atoms with Crippen LogP contribution in [0.15, 0.2) is 66.9 Å². The third-order valence-corrected chi connectivity index (χ3v) is 4.78. The molecule has 0 unspecified atom stereocenters. The fraction of sp³-hybridized carbons (Fsp3) is 0.0476. The smallest absolute Gasteiger partial charge is 0.208 e. The Hall–Kier alpha value is -3.51. The van der Waals surface area contributed by atoms with Crippen molar-refractivity contribution in [2.24, 2.45) is 7.05 Å². The number of anilines is 2. The maximum absolute atomic E-state index is 6.04. The molecule has 5 rings (SSSR count). The van der Waals surface area contributed by atoms with Crippen LogP contribution in [0.2, 0.25) is 5.15 Å². The molecule has 0 aliphatic rings. The summed E-state index contributed by atoms with van der Waals surface area (Å²) < 4.78 is 7.92. The molecule has 0 aliphatic carbocycles. The molecule has 0 atom stereocenters. The lowest BCUT2D eigenvalue weighted by molar-refractivity contribution is 0.483. The molecule has 3 aromatic heterocycles. The lowest BCUT2D eigenvalue weighted by Crippen LogP contribution is -1.99. The van der Waals surface area contributed by atoms with Gasteiger partial charge in [-0.1, -0.05) is 29.8 Å². The average Bonchev–Trinajstić information content (AvgIpc) is 3.24. The van der Waals surface area contributed by atoms with E-state index >= 15 is 0 Å². The molecule has 6 nitrogen and oxygen atoms in total. The van der Waals surface area contributed by atoms with E-state index in [1.165, 1.54) is 0 Å². The Morgan fingerprint density at radius 3 is 2.71 bits per heavy atom. The number of imidazole rings is 1. The van der Waals surface area contributed by atoms with Crippen molar-refractivity contribution in [2.75, 3.05) is 5.32 Å². The second-order valence-corrected chi connectivity index (χ2v) is 6.80. The van der Waals surface area contributed by atoms with Crippen molar-refractivity contribution in [3.8, 4) is 11.5 Å². The van der Waals surface area contributed by atoms with Crippen LogP contribution in [0.5, 0.6) is 11.5 Å². The minimum atomic E-state index is 0.447. The van der Waals surface area contributed by atoms with Gasteiger partial charge in [-0.2, -0.15) is 0 Å². The van der Waals surface area contributed by atoms with Gasteiger partial charge in [0.25, 0.3) is 0 Å². The zero-order valence-electron chi connectivity index (χ0n) is 15.0. The first-order valence-corrected chi connectivity index (χ1v) is 9.15. The lowest BCUT2D eigenvalue weighted by Gasteiger charge is -2.06. The van der Waals surface area contributed by atoms with Crippen LogP contribution in [-0.4, -0.2) is 19.5 Å². The number of pyridine rings is 1. The fourth-order valence-corrected chi connectivity index (χ4v) is 3.31. The van der Waals surface area contributed by atoms with Crippen LogP contribution < -0.4 is 10.1 Å². The number of hydrogen-bond acceptors (Lipinski definition) is 4. The Morgan fingerprint density at radius 2 is 1.86 bits per heavy atom. The monoisotopic (exact) mass is 389 g/mol. The summed E-state index contributed by atoms with van der Waals surface area (Å²) in [5.74, 6) is 2.26. The molecule has 0 amide bonds. The number of hydrogen-bond donors (Lipinski definition) is 2. The molecule has 3 heterocycles. The van der Waals surface area contributed by atoms with E-state index in [1.54, 1.807) is 6.07 Å². The number of rotatable bonds is 4. The van der Waals surface area contributed by atoms with Gasteiger partial charge in [-0.3, -0.25) is 0 Å². The highest BCUT2D eigenvalue weighted by atomic mass is 35.5. The van der Waals surface area contributed by atoms with E-state index in [1.807, 2.05) is 72.4 Å². The van der Waals surface area contributed by atoms with Gasteiger partial charge in [0.1, 0.15) is 22.2 Å². The molecular weight excluding hydrogens is 374 g/mol. The quantitative estimate of drug-likeness (QED) is 0.390. The Morgan fingerprint density at radius 1 is 1.00 bits per heavy atom. The fourth-order valence-electron chi connectivity index (χ4n) is 3.16. The van der Waals surface area contributed by atoms with E-state index in [-0.39, 0.29) is 0 Å². The number of halogens is 1. The van der Waals surface area contributed by atoms with Crippen LogP contribution in [0.4, 0.5) is 11.6 Å². The third kappa shape index (κ3) is 2.93. The van der Waals surface area contributed by atoms with Crippen molar-refractivity contribution in [2.45, 2.75) is 0 Å². The maximum Gasteiger partial charge on any atom is 0.208 e. The van der Waals surface area contributed by atoms with E-state index in [0.29, 0.717) is 11.1 Å². The number of fused-ring (bicyclic) bond motifs is 2. The van der Waals surface area contributed by atoms with Crippen molar-refractivity contribution >= 4 is 45.3 Å². The van der Waals surface area contributed by atoms with Gasteiger partial charge in [0.2, 0.25) is 5.95 Å². The number of benzene rings is 2. The number of nitrogens with one attached hydrogen (secondary N) is 2. The second-order valence-electron chi connectivity index (χ2n) is 6.42. The van der Waals surface area contributed by atoms with Gasteiger partial charge in [-0.15, -0.1) is 0 Å². The topological polar surface area (TPSA) is 67.8 Å². The summed E-state index contributed by atoms with van der Waals surface area (Å²) >= 11 is 6.04. The van der Waals surface area contributed by atoms with Gasteiger partial charge in [0.15, 0.2) is 0 Å². The molecule has 28 heavy (non-hydrogen) atoms. The molecule has 2 aromatic carbocycles. The Kier molecular flexibility index (Phi) is 3.91. The van der Waals surface area contributed by atoms with Gasteiger partial charge in [0, 0.05) is 19.3 Å². The summed E-state index contributed by atoms with van der Waals surface area (Å²) in [7, 11) is 1.96. The first-order chi connectivity index (χ1) is 13.7. The van der Waals surface area contributed by atoms with Crippen molar-refractivity contribution in [1.82, 2.24) is 19.5 Å². The van der Waals surface area contributed by atoms with Crippen LogP contribution in [0.3, 0.4) is 0 Å². The highest BCUT2D eigenvalue weighted by Crippen LogP contribution is 2.30. The summed E-state index contributed by atoms with van der Waals surface area (Å²) in [5, 5.41) is 3.79. The van der Waals surface area contributed by atoms with E-state index in [9.17, 15) is 0 Å². The summed E-state index contributed by atoms with van der Waals surface area (Å²) in [4.78, 5) is 12.3. The number of H-pyrrole nitrogens is 1. The predicted octanol–water partition coefficient (Wildman–Crippen LogP) is 5.64. The lowest BCUT2D eigenvalue weighted by atomic mass is 10.3. The highest BCUT2D eigenvalue weighted by Gasteiger charge is 2.12. The molecule has 0 saturated heterocycles. The van der Waals surface area contributed by atoms with Crippen molar-refractivity contribution in [3.63, 3.8) is 0 Å². The molecule has 0 radical (unpaired) electrons. The maximum atomic E-state index is 6.04. The molecule has 0 aliphatic heterocycles. The van der Waals surface area contributed by atoms with Crippen molar-refractivity contribution < 1.29 is 4.74 Å². The predicted molar refractivity (Wildman–Crippen MR) is 112 cm³/mol. The first kappa shape index (κ1) is 16.6. The van der Waals surface area contributed by atoms with Crippen LogP contribution in [-0.2, 0) is 7.05 Å². The zero-order valence-corrected chi connectivity index (χ0v) is 15.7. The minimum absolute atomic E-state index is 0.447. The van der Waals surface area contributed by atoms with Gasteiger partial charge in [-0.05, 0) is 36.4 Å². The number of aromatic nitrogens is 4. The Balaban J connectivity index is 1.50. The number of nitrogens with zero attached hydrogens (tertiary/aromatic N) is 3. The largest absolute Gasteiger partial charge is 0.457 e. The van der Waals surface area contributed by atoms with E-state index in [2.05, 4.69) is 20.3 Å². The summed E-state index contributed by atoms with van der Waals surface area (Å²) in [6.45, 7) is 0. The van der Waals surface area contributed by atoms with Crippen molar-refractivity contribution in [1.29, 1.82) is 0 Å². The summed E-state index contributed by atoms with van der Waals surface area (Å²) in [6, 6.07) is 19.2. The normalized spacial score (nSPS) is 11.2. The second kappa shape index (κ2) is 6.58. The summed E-state index contributed by atoms with van der Waals surface area (Å²) in [5.41, 5.74) is 4.33. The van der Waals surface area contributed by atoms with Crippen LogP contribution in [0.1, 0.15) is 0 Å². The molecule has 138 valence electrons. The molecule has 0 saturated carbocycles. The molecule has 2 N–H and O–H groups in total. The van der Waals surface area contributed by atoms with E-state index in [0.717, 1.165) is 39.3 Å². The number of aromatic amines is 1. The molecule has 5 aromatic rings. The molecular formula is C21H16ClN5O. The summed E-state index contributed by atoms with van der Waals surface area (Å²) in [6.07, 6.45) is 1.86. The van der Waals surface area contributed by atoms with Gasteiger partial charge < -0.3 is 19.6 Å². The van der Waals surface area contributed by atoms with Gasteiger partial charge in [0.05, 0.1) is 22.2 Å². The van der Waals surface area contributed by atoms with Crippen LogP contribution in [0.25, 0.3) is 22.1 Å². The molecule has 7 heteroatoms. The van der Waals surface area contributed by atoms with Gasteiger partial charge in [-0.25, -0.2) is 9.97 Å². The minimum Gasteiger partial charge on any atom is -0.457 e. The molecule has 0 spiro atoms. The Labute approximate surface area is 165 Å². The standard InChI is InChI=1S/C21H16ClN5O/c1-27-18-11-14(28-13-5-3-2-4-6-13)7-8-15(18)24-21(27)25-17-12-23-16-9-10-19(22)26-20(16)17/h2-12,23H,1H3,(H,24,25). The van der Waals surface area contributed by atoms with E-state index < -0.39 is 0 Å². The van der Waals surface area contributed by atoms with Crippen LogP contribution in [0, 0.1) is 0 Å². The van der Waals surface area contributed by atoms with E-state index in [4.69, 9.17) is 16.3 Å². The number of ether oxygens (including phenoxy) is 1. The third-order valence-electron chi connectivity index (χ3n) is 4.57. The molecule has 0 fully saturated rings. The average molecular weight is 390 g/mol. The number of aryl methyl sites for hydroxylation is 1. The SMILES string of the molecule is Cn1c(Nc2c[nH]c3ccc(Cl)nc23)nc2ccc(Oc3ccccc3)cc21. The Bertz CT molecular complexity index is 1290. The highest BCUT2D eigenvalue weighted by molar-refractivity contribution is 6.29. The zero-order chi connectivity index (χ0) is 19.1. The van der Waals surface area contributed by atoms with Crippen molar-refractivity contribution in [3.05, 3.63) is 72.0 Å². The molecule has 0 bridgehead atoms.